The smallest absolute Gasteiger partial charge is 0.326 e. The Kier molecular flexibility index (Phi) is 6.82. The van der Waals surface area contributed by atoms with Crippen molar-refractivity contribution in [3.8, 4) is 0 Å². The number of nitrogens with one attached hydrogen (secondary N) is 1. The Bertz CT molecular complexity index is 325. The summed E-state index contributed by atoms with van der Waals surface area (Å²) in [6.45, 7) is 4.25. The second-order valence-corrected chi connectivity index (χ2v) is 6.01. The van der Waals surface area contributed by atoms with Crippen molar-refractivity contribution < 1.29 is 14.7 Å². The molecule has 1 fully saturated rings. The van der Waals surface area contributed by atoms with Gasteiger partial charge in [-0.2, -0.15) is 0 Å². The normalized spacial score (nSPS) is 23.9. The van der Waals surface area contributed by atoms with Gasteiger partial charge in [-0.3, -0.25) is 0 Å². The standard InChI is InChI=1S/C15H28N2O3/c1-4-5-6-13(14(18)19)16-15(20)17(3)12-9-7-11(2)8-10-12/h11-13H,4-10H2,1-3H3,(H,16,20)(H,18,19)/t11?,12?,13-/m0/s1. The highest BCUT2D eigenvalue weighted by Gasteiger charge is 2.27. The third kappa shape index (κ3) is 5.02. The maximum absolute atomic E-state index is 12.2. The number of aliphatic carboxylic acids is 1. The summed E-state index contributed by atoms with van der Waals surface area (Å²) < 4.78 is 0. The van der Waals surface area contributed by atoms with Crippen molar-refractivity contribution in [3.05, 3.63) is 0 Å². The summed E-state index contributed by atoms with van der Waals surface area (Å²) in [5, 5.41) is 11.8. The lowest BCUT2D eigenvalue weighted by atomic mass is 9.87. The SMILES string of the molecule is CCCC[C@H](NC(=O)N(C)C1CCC(C)CC1)C(=O)O. The van der Waals surface area contributed by atoms with Gasteiger partial charge in [0.25, 0.3) is 0 Å². The Balaban J connectivity index is 2.48. The summed E-state index contributed by atoms with van der Waals surface area (Å²) >= 11 is 0. The number of carbonyl (C=O) groups is 2. The van der Waals surface area contributed by atoms with E-state index in [0.29, 0.717) is 6.42 Å². The molecule has 2 N–H and O–H groups in total. The van der Waals surface area contributed by atoms with E-state index in [9.17, 15) is 9.59 Å². The zero-order chi connectivity index (χ0) is 15.1. The number of hydrogen-bond acceptors (Lipinski definition) is 2. The summed E-state index contributed by atoms with van der Waals surface area (Å²) in [5.41, 5.74) is 0. The molecule has 0 saturated heterocycles. The monoisotopic (exact) mass is 284 g/mol. The van der Waals surface area contributed by atoms with Crippen LogP contribution in [-0.2, 0) is 4.79 Å². The molecule has 1 atom stereocenters. The lowest BCUT2D eigenvalue weighted by Gasteiger charge is -2.34. The van der Waals surface area contributed by atoms with E-state index in [2.05, 4.69) is 12.2 Å². The van der Waals surface area contributed by atoms with Crippen molar-refractivity contribution in [2.45, 2.75) is 70.9 Å². The number of carbonyl (C=O) groups excluding carboxylic acids is 1. The van der Waals surface area contributed by atoms with Gasteiger partial charge in [0.1, 0.15) is 6.04 Å². The van der Waals surface area contributed by atoms with Gasteiger partial charge in [0.05, 0.1) is 0 Å². The number of hydrogen-bond donors (Lipinski definition) is 2. The molecule has 0 aliphatic heterocycles. The molecule has 0 spiro atoms. The van der Waals surface area contributed by atoms with Crippen LogP contribution in [0.4, 0.5) is 4.79 Å². The van der Waals surface area contributed by atoms with Gasteiger partial charge in [0.15, 0.2) is 0 Å². The molecular weight excluding hydrogens is 256 g/mol. The van der Waals surface area contributed by atoms with Crippen LogP contribution in [0, 0.1) is 5.92 Å². The molecule has 5 nitrogen and oxygen atoms in total. The average Bonchev–Trinajstić information content (AvgIpc) is 2.42. The molecule has 0 radical (unpaired) electrons. The van der Waals surface area contributed by atoms with Crippen molar-refractivity contribution in [2.75, 3.05) is 7.05 Å². The number of nitrogens with zero attached hydrogens (tertiary/aromatic N) is 1. The van der Waals surface area contributed by atoms with E-state index in [1.165, 1.54) is 0 Å². The Morgan fingerprint density at radius 1 is 1.30 bits per heavy atom. The summed E-state index contributed by atoms with van der Waals surface area (Å²) in [7, 11) is 1.77. The zero-order valence-electron chi connectivity index (χ0n) is 12.9. The molecule has 1 rings (SSSR count). The average molecular weight is 284 g/mol. The molecule has 0 aromatic carbocycles. The molecule has 0 heterocycles. The largest absolute Gasteiger partial charge is 0.480 e. The lowest BCUT2D eigenvalue weighted by molar-refractivity contribution is -0.139. The fourth-order valence-electron chi connectivity index (χ4n) is 2.71. The molecule has 116 valence electrons. The van der Waals surface area contributed by atoms with Gasteiger partial charge in [-0.25, -0.2) is 9.59 Å². The molecule has 0 aromatic rings. The summed E-state index contributed by atoms with van der Waals surface area (Å²) in [6, 6.07) is -0.785. The predicted octanol–water partition coefficient (Wildman–Crippen LogP) is 2.85. The zero-order valence-corrected chi connectivity index (χ0v) is 12.9. The molecule has 0 unspecified atom stereocenters. The maximum atomic E-state index is 12.2. The third-order valence-corrected chi connectivity index (χ3v) is 4.30. The first kappa shape index (κ1) is 16.8. The van der Waals surface area contributed by atoms with Crippen LogP contribution in [0.25, 0.3) is 0 Å². The van der Waals surface area contributed by atoms with Crippen molar-refractivity contribution in [2.24, 2.45) is 5.92 Å². The van der Waals surface area contributed by atoms with Crippen molar-refractivity contribution in [1.29, 1.82) is 0 Å². The van der Waals surface area contributed by atoms with E-state index in [4.69, 9.17) is 5.11 Å². The topological polar surface area (TPSA) is 69.6 Å². The summed E-state index contributed by atoms with van der Waals surface area (Å²) in [6.07, 6.45) is 6.53. The Morgan fingerprint density at radius 3 is 2.40 bits per heavy atom. The fraction of sp³-hybridized carbons (Fsp3) is 0.867. The van der Waals surface area contributed by atoms with Crippen LogP contribution in [0.2, 0.25) is 0 Å². The summed E-state index contributed by atoms with van der Waals surface area (Å²) in [5.74, 6) is -0.212. The number of carboxylic acids is 1. The van der Waals surface area contributed by atoms with Crippen molar-refractivity contribution >= 4 is 12.0 Å². The van der Waals surface area contributed by atoms with Gasteiger partial charge < -0.3 is 15.3 Å². The number of rotatable bonds is 6. The highest BCUT2D eigenvalue weighted by molar-refractivity contribution is 5.82. The van der Waals surface area contributed by atoms with E-state index >= 15 is 0 Å². The maximum Gasteiger partial charge on any atom is 0.326 e. The number of unbranched alkanes of at least 4 members (excludes halogenated alkanes) is 1. The molecule has 2 amide bonds. The van der Waals surface area contributed by atoms with Crippen LogP contribution < -0.4 is 5.32 Å². The van der Waals surface area contributed by atoms with Crippen LogP contribution in [0.1, 0.15) is 58.8 Å². The molecular formula is C15H28N2O3. The molecule has 1 aliphatic rings. The minimum absolute atomic E-state index is 0.242. The Morgan fingerprint density at radius 2 is 1.90 bits per heavy atom. The molecule has 1 saturated carbocycles. The predicted molar refractivity (Wildman–Crippen MR) is 78.7 cm³/mol. The Hall–Kier alpha value is -1.26. The van der Waals surface area contributed by atoms with Gasteiger partial charge in [0, 0.05) is 13.1 Å². The quantitative estimate of drug-likeness (QED) is 0.788. The highest BCUT2D eigenvalue weighted by Crippen LogP contribution is 2.26. The van der Waals surface area contributed by atoms with E-state index in [1.807, 2.05) is 6.92 Å². The van der Waals surface area contributed by atoms with Crippen LogP contribution in [-0.4, -0.2) is 41.1 Å². The van der Waals surface area contributed by atoms with Crippen LogP contribution >= 0.6 is 0 Å². The first-order valence-corrected chi connectivity index (χ1v) is 7.71. The number of carboxylic acid groups (broad SMARTS) is 1. The third-order valence-electron chi connectivity index (χ3n) is 4.30. The van der Waals surface area contributed by atoms with E-state index in [0.717, 1.165) is 44.4 Å². The molecule has 1 aliphatic carbocycles. The van der Waals surface area contributed by atoms with Crippen LogP contribution in [0.5, 0.6) is 0 Å². The molecule has 0 bridgehead atoms. The lowest BCUT2D eigenvalue weighted by Crippen LogP contribution is -2.50. The van der Waals surface area contributed by atoms with Crippen molar-refractivity contribution in [3.63, 3.8) is 0 Å². The first-order valence-electron chi connectivity index (χ1n) is 7.71. The second-order valence-electron chi connectivity index (χ2n) is 6.01. The molecule has 0 aromatic heterocycles. The summed E-state index contributed by atoms with van der Waals surface area (Å²) in [4.78, 5) is 25.0. The fourth-order valence-corrected chi connectivity index (χ4v) is 2.71. The molecule has 5 heteroatoms. The van der Waals surface area contributed by atoms with Gasteiger partial charge in [-0.05, 0) is 38.0 Å². The molecule has 20 heavy (non-hydrogen) atoms. The second kappa shape index (κ2) is 8.12. The Labute approximate surface area is 121 Å². The highest BCUT2D eigenvalue weighted by atomic mass is 16.4. The van der Waals surface area contributed by atoms with Gasteiger partial charge in [-0.1, -0.05) is 26.7 Å². The first-order chi connectivity index (χ1) is 9.45. The number of urea groups is 1. The van der Waals surface area contributed by atoms with Crippen LogP contribution in [0.15, 0.2) is 0 Å². The minimum Gasteiger partial charge on any atom is -0.480 e. The van der Waals surface area contributed by atoms with E-state index < -0.39 is 12.0 Å². The van der Waals surface area contributed by atoms with Gasteiger partial charge in [-0.15, -0.1) is 0 Å². The minimum atomic E-state index is -0.947. The van der Waals surface area contributed by atoms with Gasteiger partial charge >= 0.3 is 12.0 Å². The van der Waals surface area contributed by atoms with Crippen molar-refractivity contribution in [1.82, 2.24) is 10.2 Å². The van der Waals surface area contributed by atoms with E-state index in [-0.39, 0.29) is 12.1 Å². The van der Waals surface area contributed by atoms with Gasteiger partial charge in [0.2, 0.25) is 0 Å². The van der Waals surface area contributed by atoms with E-state index in [1.54, 1.807) is 11.9 Å². The number of amides is 2. The van der Waals surface area contributed by atoms with Crippen LogP contribution in [0.3, 0.4) is 0 Å².